The van der Waals surface area contributed by atoms with Crippen LogP contribution in [0.4, 0.5) is 4.39 Å². The summed E-state index contributed by atoms with van der Waals surface area (Å²) in [5, 5.41) is 0. The van der Waals surface area contributed by atoms with Crippen LogP contribution in [-0.4, -0.2) is 12.1 Å². The number of hydrogen-bond acceptors (Lipinski definition) is 2. The summed E-state index contributed by atoms with van der Waals surface area (Å²) >= 11 is 4.73. The van der Waals surface area contributed by atoms with E-state index in [4.69, 9.17) is 22.7 Å². The summed E-state index contributed by atoms with van der Waals surface area (Å²) < 4.78 is 17.5. The van der Waals surface area contributed by atoms with Crippen molar-refractivity contribution < 1.29 is 9.13 Å². The monoisotopic (exact) mass is 185 g/mol. The van der Waals surface area contributed by atoms with Gasteiger partial charge >= 0.3 is 0 Å². The first-order valence-corrected chi connectivity index (χ1v) is 3.69. The predicted molar refractivity (Wildman–Crippen MR) is 48.8 cm³/mol. The second-order valence-corrected chi connectivity index (χ2v) is 2.65. The zero-order chi connectivity index (χ0) is 9.14. The van der Waals surface area contributed by atoms with Gasteiger partial charge in [0.1, 0.15) is 16.6 Å². The molecule has 2 nitrogen and oxygen atoms in total. The Kier molecular flexibility index (Phi) is 2.60. The highest BCUT2D eigenvalue weighted by Crippen LogP contribution is 2.18. The Morgan fingerprint density at radius 3 is 2.75 bits per heavy atom. The molecule has 0 amide bonds. The maximum atomic E-state index is 12.6. The molecule has 0 aliphatic heterocycles. The number of hydrogen-bond donors (Lipinski definition) is 1. The molecule has 0 aliphatic rings. The minimum Gasteiger partial charge on any atom is -0.496 e. The van der Waals surface area contributed by atoms with Crippen LogP contribution in [0.3, 0.4) is 0 Å². The molecule has 0 bridgehead atoms. The molecule has 0 spiro atoms. The largest absolute Gasteiger partial charge is 0.496 e. The summed E-state index contributed by atoms with van der Waals surface area (Å²) in [5.74, 6) is -0.00523. The van der Waals surface area contributed by atoms with E-state index in [-0.39, 0.29) is 10.8 Å². The molecule has 2 N–H and O–H groups in total. The molecule has 4 heteroatoms. The average molecular weight is 185 g/mol. The van der Waals surface area contributed by atoms with Crippen molar-refractivity contribution in [3.63, 3.8) is 0 Å². The molecule has 1 aromatic rings. The number of benzene rings is 1. The fraction of sp³-hybridized carbons (Fsp3) is 0.125. The van der Waals surface area contributed by atoms with Gasteiger partial charge in [0, 0.05) is 6.07 Å². The molecule has 1 rings (SSSR count). The van der Waals surface area contributed by atoms with Gasteiger partial charge in [-0.15, -0.1) is 0 Å². The highest BCUT2D eigenvalue weighted by molar-refractivity contribution is 7.80. The van der Waals surface area contributed by atoms with E-state index in [1.54, 1.807) is 0 Å². The lowest BCUT2D eigenvalue weighted by atomic mass is 10.2. The Hall–Kier alpha value is -1.16. The zero-order valence-corrected chi connectivity index (χ0v) is 7.32. The van der Waals surface area contributed by atoms with Crippen molar-refractivity contribution in [2.75, 3.05) is 7.11 Å². The first-order valence-electron chi connectivity index (χ1n) is 3.28. The van der Waals surface area contributed by atoms with Gasteiger partial charge in [-0.2, -0.15) is 0 Å². The number of nitrogens with two attached hydrogens (primary N) is 1. The molecule has 0 radical (unpaired) electrons. The fourth-order valence-electron chi connectivity index (χ4n) is 0.869. The molecule has 0 unspecified atom stereocenters. The van der Waals surface area contributed by atoms with Crippen molar-refractivity contribution in [2.24, 2.45) is 5.73 Å². The van der Waals surface area contributed by atoms with E-state index in [1.807, 2.05) is 0 Å². The lowest BCUT2D eigenvalue weighted by Gasteiger charge is -2.05. The van der Waals surface area contributed by atoms with Crippen molar-refractivity contribution in [2.45, 2.75) is 0 Å². The normalized spacial score (nSPS) is 9.50. The standard InChI is InChI=1S/C8H8FNOS/c1-11-7-4-5(9)2-3-6(7)8(10)12/h2-4H,1H3,(H2,10,12). The topological polar surface area (TPSA) is 35.2 Å². The Morgan fingerprint density at radius 1 is 1.58 bits per heavy atom. The van der Waals surface area contributed by atoms with Crippen LogP contribution in [0.25, 0.3) is 0 Å². The van der Waals surface area contributed by atoms with Crippen molar-refractivity contribution >= 4 is 17.2 Å². The minimum atomic E-state index is -0.369. The van der Waals surface area contributed by atoms with E-state index >= 15 is 0 Å². The quantitative estimate of drug-likeness (QED) is 0.708. The second kappa shape index (κ2) is 3.49. The van der Waals surface area contributed by atoms with Crippen LogP contribution in [0.15, 0.2) is 18.2 Å². The molecule has 0 aliphatic carbocycles. The lowest BCUT2D eigenvalue weighted by molar-refractivity contribution is 0.410. The third-order valence-corrected chi connectivity index (χ3v) is 1.65. The summed E-state index contributed by atoms with van der Waals surface area (Å²) in [5.41, 5.74) is 5.92. The number of ether oxygens (including phenoxy) is 1. The highest BCUT2D eigenvalue weighted by atomic mass is 32.1. The maximum absolute atomic E-state index is 12.6. The summed E-state index contributed by atoms with van der Waals surface area (Å²) in [6, 6.07) is 4.03. The summed E-state index contributed by atoms with van der Waals surface area (Å²) in [7, 11) is 1.44. The summed E-state index contributed by atoms with van der Waals surface area (Å²) in [4.78, 5) is 0.201. The van der Waals surface area contributed by atoms with Crippen molar-refractivity contribution in [1.29, 1.82) is 0 Å². The van der Waals surface area contributed by atoms with Crippen LogP contribution < -0.4 is 10.5 Å². The van der Waals surface area contributed by atoms with Gasteiger partial charge in [0.05, 0.1) is 12.7 Å². The molecule has 0 atom stereocenters. The van der Waals surface area contributed by atoms with Crippen LogP contribution in [0.5, 0.6) is 5.75 Å². The first kappa shape index (κ1) is 8.93. The van der Waals surface area contributed by atoms with Crippen molar-refractivity contribution in [3.05, 3.63) is 29.6 Å². The third-order valence-electron chi connectivity index (χ3n) is 1.43. The fourth-order valence-corrected chi connectivity index (χ4v) is 1.04. The van der Waals surface area contributed by atoms with Crippen LogP contribution in [0.1, 0.15) is 5.56 Å². The summed E-state index contributed by atoms with van der Waals surface area (Å²) in [6.07, 6.45) is 0. The second-order valence-electron chi connectivity index (χ2n) is 2.21. The Morgan fingerprint density at radius 2 is 2.25 bits per heavy atom. The molecular formula is C8H8FNOS. The Labute approximate surface area is 75.1 Å². The summed E-state index contributed by atoms with van der Waals surface area (Å²) in [6.45, 7) is 0. The van der Waals surface area contributed by atoms with E-state index in [1.165, 1.54) is 25.3 Å². The molecule has 0 fully saturated rings. The van der Waals surface area contributed by atoms with E-state index < -0.39 is 0 Å². The Balaban J connectivity index is 3.20. The van der Waals surface area contributed by atoms with E-state index in [0.29, 0.717) is 11.3 Å². The first-order chi connectivity index (χ1) is 5.65. The number of methoxy groups -OCH3 is 1. The Bertz CT molecular complexity index is 314. The van der Waals surface area contributed by atoms with Gasteiger partial charge in [-0.05, 0) is 12.1 Å². The van der Waals surface area contributed by atoms with Crippen molar-refractivity contribution in [1.82, 2.24) is 0 Å². The van der Waals surface area contributed by atoms with Crippen LogP contribution in [0.2, 0.25) is 0 Å². The van der Waals surface area contributed by atoms with E-state index in [9.17, 15) is 4.39 Å². The smallest absolute Gasteiger partial charge is 0.131 e. The van der Waals surface area contributed by atoms with Crippen LogP contribution >= 0.6 is 12.2 Å². The molecule has 12 heavy (non-hydrogen) atoms. The number of thiocarbonyl (C=S) groups is 1. The van der Waals surface area contributed by atoms with Gasteiger partial charge < -0.3 is 10.5 Å². The minimum absolute atomic E-state index is 0.201. The maximum Gasteiger partial charge on any atom is 0.131 e. The molecule has 0 heterocycles. The van der Waals surface area contributed by atoms with Crippen LogP contribution in [-0.2, 0) is 0 Å². The lowest BCUT2D eigenvalue weighted by Crippen LogP contribution is -2.10. The highest BCUT2D eigenvalue weighted by Gasteiger charge is 2.05. The van der Waals surface area contributed by atoms with E-state index in [2.05, 4.69) is 0 Å². The van der Waals surface area contributed by atoms with Gasteiger partial charge in [0.2, 0.25) is 0 Å². The van der Waals surface area contributed by atoms with Gasteiger partial charge in [-0.3, -0.25) is 0 Å². The molecule has 1 aromatic carbocycles. The molecule has 64 valence electrons. The van der Waals surface area contributed by atoms with Gasteiger partial charge in [-0.25, -0.2) is 4.39 Å². The SMILES string of the molecule is COc1cc(F)ccc1C(N)=S. The van der Waals surface area contributed by atoms with Crippen molar-refractivity contribution in [3.8, 4) is 5.75 Å². The van der Waals surface area contributed by atoms with Crippen LogP contribution in [0, 0.1) is 5.82 Å². The van der Waals surface area contributed by atoms with Gasteiger partial charge in [0.25, 0.3) is 0 Å². The molecule has 0 saturated carbocycles. The third kappa shape index (κ3) is 1.71. The molecule has 0 saturated heterocycles. The van der Waals surface area contributed by atoms with E-state index in [0.717, 1.165) is 0 Å². The van der Waals surface area contributed by atoms with Gasteiger partial charge in [-0.1, -0.05) is 12.2 Å². The molecule has 0 aromatic heterocycles. The zero-order valence-electron chi connectivity index (χ0n) is 6.50. The molecular weight excluding hydrogens is 177 g/mol. The van der Waals surface area contributed by atoms with Gasteiger partial charge in [0.15, 0.2) is 0 Å². The number of halogens is 1. The average Bonchev–Trinajstić information content (AvgIpc) is 2.03. The number of rotatable bonds is 2. The predicted octanol–water partition coefficient (Wildman–Crippen LogP) is 1.47.